The van der Waals surface area contributed by atoms with Crippen LogP contribution in [0.4, 0.5) is 5.69 Å². The minimum absolute atomic E-state index is 0.115. The Kier molecular flexibility index (Phi) is 3.52. The van der Waals surface area contributed by atoms with Gasteiger partial charge in [0.1, 0.15) is 0 Å². The Bertz CT molecular complexity index is 535. The van der Waals surface area contributed by atoms with Crippen LogP contribution in [0.25, 0.3) is 11.3 Å². The summed E-state index contributed by atoms with van der Waals surface area (Å²) < 4.78 is 4.99. The molecule has 18 heavy (non-hydrogen) atoms. The first kappa shape index (κ1) is 12.0. The van der Waals surface area contributed by atoms with Gasteiger partial charge in [0.05, 0.1) is 24.7 Å². The molecule has 0 aliphatic carbocycles. The zero-order valence-corrected chi connectivity index (χ0v) is 10.2. The summed E-state index contributed by atoms with van der Waals surface area (Å²) in [5.41, 5.74) is 2.36. The summed E-state index contributed by atoms with van der Waals surface area (Å²) in [6.07, 6.45) is 3.31. The fraction of sp³-hybridized carbons (Fsp3) is 0.154. The number of nitrogens with one attached hydrogen (secondary N) is 1. The lowest BCUT2D eigenvalue weighted by molar-refractivity contribution is -0.114. The molecule has 1 N–H and O–H groups in total. The minimum atomic E-state index is -0.115. The van der Waals surface area contributed by atoms with Gasteiger partial charge < -0.3 is 10.1 Å². The van der Waals surface area contributed by atoms with Gasteiger partial charge in [0, 0.05) is 24.8 Å². The summed E-state index contributed by atoms with van der Waals surface area (Å²) in [5.74, 6) is 0.448. The van der Waals surface area contributed by atoms with Crippen molar-refractivity contribution in [1.29, 1.82) is 0 Å². The standard InChI is InChI=1S/C13H13N3O2/c1-9(17)16-11-4-5-12(14-8-11)10-3-6-13(18-2)15-7-10/h3-8H,1-2H3,(H,16,17). The molecule has 0 unspecified atom stereocenters. The number of amides is 1. The predicted molar refractivity (Wildman–Crippen MR) is 68.3 cm³/mol. The van der Waals surface area contributed by atoms with Gasteiger partial charge in [0.15, 0.2) is 0 Å². The highest BCUT2D eigenvalue weighted by Gasteiger charge is 2.02. The quantitative estimate of drug-likeness (QED) is 0.896. The molecule has 5 heteroatoms. The van der Waals surface area contributed by atoms with Gasteiger partial charge in [0.2, 0.25) is 11.8 Å². The first-order chi connectivity index (χ1) is 8.69. The molecular weight excluding hydrogens is 230 g/mol. The molecule has 5 nitrogen and oxygen atoms in total. The van der Waals surface area contributed by atoms with Crippen LogP contribution in [0.5, 0.6) is 5.88 Å². The van der Waals surface area contributed by atoms with Crippen LogP contribution in [-0.2, 0) is 4.79 Å². The molecule has 0 aliphatic heterocycles. The third-order valence-electron chi connectivity index (χ3n) is 2.33. The molecule has 92 valence electrons. The van der Waals surface area contributed by atoms with Crippen molar-refractivity contribution in [3.8, 4) is 17.1 Å². The van der Waals surface area contributed by atoms with E-state index >= 15 is 0 Å². The molecule has 2 heterocycles. The van der Waals surface area contributed by atoms with Crippen molar-refractivity contribution in [3.05, 3.63) is 36.7 Å². The Hall–Kier alpha value is -2.43. The van der Waals surface area contributed by atoms with Gasteiger partial charge in [-0.1, -0.05) is 0 Å². The summed E-state index contributed by atoms with van der Waals surface area (Å²) >= 11 is 0. The Morgan fingerprint density at radius 3 is 2.50 bits per heavy atom. The number of methoxy groups -OCH3 is 1. The van der Waals surface area contributed by atoms with Crippen molar-refractivity contribution in [2.45, 2.75) is 6.92 Å². The molecule has 2 aromatic rings. The Balaban J connectivity index is 2.20. The molecule has 0 atom stereocenters. The summed E-state index contributed by atoms with van der Waals surface area (Å²) in [4.78, 5) is 19.3. The third kappa shape index (κ3) is 2.82. The van der Waals surface area contributed by atoms with Gasteiger partial charge in [-0.05, 0) is 18.2 Å². The highest BCUT2D eigenvalue weighted by Crippen LogP contribution is 2.19. The number of aromatic nitrogens is 2. The van der Waals surface area contributed by atoms with Crippen molar-refractivity contribution in [2.24, 2.45) is 0 Å². The number of hydrogen-bond acceptors (Lipinski definition) is 4. The number of nitrogens with zero attached hydrogens (tertiary/aromatic N) is 2. The molecule has 1 amide bonds. The van der Waals surface area contributed by atoms with E-state index in [0.717, 1.165) is 11.3 Å². The first-order valence-corrected chi connectivity index (χ1v) is 5.43. The smallest absolute Gasteiger partial charge is 0.221 e. The van der Waals surface area contributed by atoms with Gasteiger partial charge in [-0.15, -0.1) is 0 Å². The lowest BCUT2D eigenvalue weighted by Crippen LogP contribution is -2.05. The molecule has 2 aromatic heterocycles. The van der Waals surface area contributed by atoms with E-state index in [1.807, 2.05) is 12.1 Å². The van der Waals surface area contributed by atoms with E-state index in [4.69, 9.17) is 4.74 Å². The van der Waals surface area contributed by atoms with Gasteiger partial charge >= 0.3 is 0 Å². The van der Waals surface area contributed by atoms with E-state index < -0.39 is 0 Å². The topological polar surface area (TPSA) is 64.1 Å². The van der Waals surface area contributed by atoms with E-state index in [0.29, 0.717) is 11.6 Å². The second-order valence-electron chi connectivity index (χ2n) is 3.70. The van der Waals surface area contributed by atoms with Crippen molar-refractivity contribution in [2.75, 3.05) is 12.4 Å². The Morgan fingerprint density at radius 2 is 2.00 bits per heavy atom. The van der Waals surface area contributed by atoms with Gasteiger partial charge in [-0.3, -0.25) is 9.78 Å². The second-order valence-corrected chi connectivity index (χ2v) is 3.70. The number of anilines is 1. The van der Waals surface area contributed by atoms with Crippen LogP contribution in [-0.4, -0.2) is 23.0 Å². The van der Waals surface area contributed by atoms with Crippen LogP contribution >= 0.6 is 0 Å². The monoisotopic (exact) mass is 243 g/mol. The lowest BCUT2D eigenvalue weighted by atomic mass is 10.2. The van der Waals surface area contributed by atoms with Crippen LogP contribution < -0.4 is 10.1 Å². The van der Waals surface area contributed by atoms with Crippen LogP contribution in [0.2, 0.25) is 0 Å². The van der Waals surface area contributed by atoms with E-state index in [9.17, 15) is 4.79 Å². The van der Waals surface area contributed by atoms with Crippen molar-refractivity contribution >= 4 is 11.6 Å². The highest BCUT2D eigenvalue weighted by molar-refractivity contribution is 5.88. The average molecular weight is 243 g/mol. The van der Waals surface area contributed by atoms with Gasteiger partial charge in [0.25, 0.3) is 0 Å². The van der Waals surface area contributed by atoms with Gasteiger partial charge in [-0.25, -0.2) is 4.98 Å². The number of hydrogen-bond donors (Lipinski definition) is 1. The number of ether oxygens (including phenoxy) is 1. The number of pyridine rings is 2. The summed E-state index contributed by atoms with van der Waals surface area (Å²) in [6.45, 7) is 1.46. The molecule has 0 radical (unpaired) electrons. The molecule has 2 rings (SSSR count). The third-order valence-corrected chi connectivity index (χ3v) is 2.33. The van der Waals surface area contributed by atoms with Crippen molar-refractivity contribution < 1.29 is 9.53 Å². The van der Waals surface area contributed by atoms with E-state index in [2.05, 4.69) is 15.3 Å². The normalized spacial score (nSPS) is 9.89. The summed E-state index contributed by atoms with van der Waals surface area (Å²) in [5, 5.41) is 2.66. The summed E-state index contributed by atoms with van der Waals surface area (Å²) in [6, 6.07) is 7.29. The molecule has 0 aromatic carbocycles. The number of carbonyl (C=O) groups is 1. The Labute approximate surface area is 105 Å². The van der Waals surface area contributed by atoms with Crippen LogP contribution in [0.1, 0.15) is 6.92 Å². The molecule has 0 fully saturated rings. The number of rotatable bonds is 3. The zero-order valence-electron chi connectivity index (χ0n) is 10.2. The van der Waals surface area contributed by atoms with Crippen LogP contribution in [0.15, 0.2) is 36.7 Å². The van der Waals surface area contributed by atoms with E-state index in [1.54, 1.807) is 31.6 Å². The van der Waals surface area contributed by atoms with E-state index in [-0.39, 0.29) is 5.91 Å². The van der Waals surface area contributed by atoms with Crippen LogP contribution in [0.3, 0.4) is 0 Å². The largest absolute Gasteiger partial charge is 0.481 e. The van der Waals surface area contributed by atoms with Crippen molar-refractivity contribution in [1.82, 2.24) is 9.97 Å². The zero-order chi connectivity index (χ0) is 13.0. The molecule has 0 saturated heterocycles. The summed E-state index contributed by atoms with van der Waals surface area (Å²) in [7, 11) is 1.57. The number of carbonyl (C=O) groups excluding carboxylic acids is 1. The van der Waals surface area contributed by atoms with E-state index in [1.165, 1.54) is 6.92 Å². The maximum absolute atomic E-state index is 10.9. The highest BCUT2D eigenvalue weighted by atomic mass is 16.5. The molecule has 0 aliphatic rings. The molecular formula is C13H13N3O2. The molecule has 0 spiro atoms. The Morgan fingerprint density at radius 1 is 1.17 bits per heavy atom. The fourth-order valence-electron chi connectivity index (χ4n) is 1.49. The lowest BCUT2D eigenvalue weighted by Gasteiger charge is -2.04. The maximum Gasteiger partial charge on any atom is 0.221 e. The average Bonchev–Trinajstić information content (AvgIpc) is 2.39. The SMILES string of the molecule is COc1ccc(-c2ccc(NC(C)=O)cn2)cn1. The molecule has 0 saturated carbocycles. The minimum Gasteiger partial charge on any atom is -0.481 e. The molecule has 0 bridgehead atoms. The first-order valence-electron chi connectivity index (χ1n) is 5.43. The van der Waals surface area contributed by atoms with Crippen molar-refractivity contribution in [3.63, 3.8) is 0 Å². The predicted octanol–water partition coefficient (Wildman–Crippen LogP) is 2.11. The van der Waals surface area contributed by atoms with Gasteiger partial charge in [-0.2, -0.15) is 0 Å². The second kappa shape index (κ2) is 5.27. The van der Waals surface area contributed by atoms with Crippen LogP contribution in [0, 0.1) is 0 Å². The maximum atomic E-state index is 10.9. The fourth-order valence-corrected chi connectivity index (χ4v) is 1.49.